The molecule has 0 unspecified atom stereocenters. The van der Waals surface area contributed by atoms with Crippen LogP contribution in [0.2, 0.25) is 0 Å². The Morgan fingerprint density at radius 1 is 1.20 bits per heavy atom. The van der Waals surface area contributed by atoms with E-state index in [-0.39, 0.29) is 12.5 Å². The van der Waals surface area contributed by atoms with Gasteiger partial charge in [0.1, 0.15) is 0 Å². The average molecular weight is 216 g/mol. The summed E-state index contributed by atoms with van der Waals surface area (Å²) in [7, 11) is 3.56. The lowest BCUT2D eigenvalue weighted by atomic mass is 10.2. The zero-order valence-electron chi connectivity index (χ0n) is 10.2. The largest absolute Gasteiger partial charge is 0.395 e. The molecule has 0 aromatic rings. The van der Waals surface area contributed by atoms with Gasteiger partial charge in [-0.2, -0.15) is 0 Å². The maximum atomic E-state index is 11.3. The second-order valence-electron chi connectivity index (χ2n) is 3.96. The summed E-state index contributed by atoms with van der Waals surface area (Å²) in [6.45, 7) is 4.92. The van der Waals surface area contributed by atoms with Crippen molar-refractivity contribution in [3.8, 4) is 0 Å². The molecule has 0 aliphatic carbocycles. The molecule has 0 atom stereocenters. The molecular weight excluding hydrogens is 192 g/mol. The van der Waals surface area contributed by atoms with E-state index in [9.17, 15) is 4.79 Å². The number of nitrogens with zero attached hydrogens (tertiary/aromatic N) is 2. The number of carbonyl (C=O) groups excluding carboxylic acids is 1. The molecule has 0 spiro atoms. The summed E-state index contributed by atoms with van der Waals surface area (Å²) in [5.74, 6) is 0.176. The van der Waals surface area contributed by atoms with Crippen LogP contribution in [0.3, 0.4) is 0 Å². The first-order chi connectivity index (χ1) is 7.11. The Morgan fingerprint density at radius 2 is 1.87 bits per heavy atom. The molecule has 15 heavy (non-hydrogen) atoms. The third-order valence-electron chi connectivity index (χ3n) is 2.32. The van der Waals surface area contributed by atoms with Gasteiger partial charge in [0, 0.05) is 27.1 Å². The van der Waals surface area contributed by atoms with Gasteiger partial charge in [0.05, 0.1) is 6.61 Å². The molecule has 1 N–H and O–H groups in total. The quantitative estimate of drug-likeness (QED) is 0.645. The van der Waals surface area contributed by atoms with Crippen molar-refractivity contribution in [2.75, 3.05) is 40.3 Å². The molecule has 0 aliphatic rings. The number of hydrogen-bond donors (Lipinski definition) is 1. The first-order valence-corrected chi connectivity index (χ1v) is 5.65. The molecule has 4 heteroatoms. The van der Waals surface area contributed by atoms with Crippen molar-refractivity contribution in [2.24, 2.45) is 0 Å². The third kappa shape index (κ3) is 7.33. The van der Waals surface area contributed by atoms with E-state index in [1.807, 2.05) is 0 Å². The number of aliphatic hydroxyl groups is 1. The summed E-state index contributed by atoms with van der Waals surface area (Å²) in [5.41, 5.74) is 0. The lowest BCUT2D eigenvalue weighted by Crippen LogP contribution is -2.30. The van der Waals surface area contributed by atoms with Crippen molar-refractivity contribution in [3.05, 3.63) is 0 Å². The lowest BCUT2D eigenvalue weighted by Gasteiger charge is -2.20. The minimum absolute atomic E-state index is 0.176. The van der Waals surface area contributed by atoms with Crippen LogP contribution in [0.5, 0.6) is 0 Å². The molecule has 0 heterocycles. The molecule has 0 bridgehead atoms. The predicted molar refractivity (Wildman–Crippen MR) is 61.7 cm³/mol. The zero-order valence-corrected chi connectivity index (χ0v) is 10.2. The maximum absolute atomic E-state index is 11.3. The van der Waals surface area contributed by atoms with Gasteiger partial charge < -0.3 is 14.9 Å². The van der Waals surface area contributed by atoms with Crippen molar-refractivity contribution in [1.82, 2.24) is 9.80 Å². The first-order valence-electron chi connectivity index (χ1n) is 5.65. The molecule has 0 aromatic heterocycles. The molecular formula is C11H24N2O2. The average Bonchev–Trinajstić information content (AvgIpc) is 2.18. The highest BCUT2D eigenvalue weighted by atomic mass is 16.3. The second-order valence-corrected chi connectivity index (χ2v) is 3.96. The van der Waals surface area contributed by atoms with Gasteiger partial charge in [0.15, 0.2) is 0 Å². The molecule has 0 rings (SSSR count). The van der Waals surface area contributed by atoms with Crippen molar-refractivity contribution in [2.45, 2.75) is 26.2 Å². The topological polar surface area (TPSA) is 43.8 Å². The van der Waals surface area contributed by atoms with Crippen LogP contribution >= 0.6 is 0 Å². The number of aliphatic hydroxyl groups excluding tert-OH is 1. The monoisotopic (exact) mass is 216 g/mol. The normalized spacial score (nSPS) is 10.7. The van der Waals surface area contributed by atoms with E-state index in [0.717, 1.165) is 25.9 Å². The Kier molecular flexibility index (Phi) is 8.33. The highest BCUT2D eigenvalue weighted by Gasteiger charge is 2.06. The Labute approximate surface area is 92.9 Å². The number of rotatable bonds is 8. The van der Waals surface area contributed by atoms with Gasteiger partial charge in [0.2, 0.25) is 5.91 Å². The Hall–Kier alpha value is -0.610. The van der Waals surface area contributed by atoms with Crippen LogP contribution in [-0.4, -0.2) is 61.2 Å². The van der Waals surface area contributed by atoms with Gasteiger partial charge in [-0.3, -0.25) is 4.79 Å². The molecule has 0 fully saturated rings. The van der Waals surface area contributed by atoms with Crippen LogP contribution in [0, 0.1) is 0 Å². The summed E-state index contributed by atoms with van der Waals surface area (Å²) in [5, 5.41) is 8.84. The SMILES string of the molecule is CCCN(CCO)CCCC(=O)N(C)C. The highest BCUT2D eigenvalue weighted by Crippen LogP contribution is 1.98. The molecule has 0 radical (unpaired) electrons. The second kappa shape index (κ2) is 8.68. The van der Waals surface area contributed by atoms with E-state index in [1.165, 1.54) is 0 Å². The maximum Gasteiger partial charge on any atom is 0.222 e. The van der Waals surface area contributed by atoms with Gasteiger partial charge in [-0.15, -0.1) is 0 Å². The van der Waals surface area contributed by atoms with Gasteiger partial charge >= 0.3 is 0 Å². The van der Waals surface area contributed by atoms with Gasteiger partial charge in [-0.1, -0.05) is 6.92 Å². The fraction of sp³-hybridized carbons (Fsp3) is 0.909. The fourth-order valence-corrected chi connectivity index (χ4v) is 1.47. The highest BCUT2D eigenvalue weighted by molar-refractivity contribution is 5.75. The Bertz CT molecular complexity index is 166. The van der Waals surface area contributed by atoms with Crippen molar-refractivity contribution in [3.63, 3.8) is 0 Å². The van der Waals surface area contributed by atoms with Crippen LogP contribution in [0.25, 0.3) is 0 Å². The molecule has 4 nitrogen and oxygen atoms in total. The Morgan fingerprint density at radius 3 is 2.33 bits per heavy atom. The van der Waals surface area contributed by atoms with Crippen molar-refractivity contribution < 1.29 is 9.90 Å². The minimum atomic E-state index is 0.176. The van der Waals surface area contributed by atoms with Gasteiger partial charge in [0.25, 0.3) is 0 Å². The number of hydrogen-bond acceptors (Lipinski definition) is 3. The predicted octanol–water partition coefficient (Wildman–Crippen LogP) is 0.559. The zero-order chi connectivity index (χ0) is 11.7. The molecule has 1 amide bonds. The molecule has 0 saturated heterocycles. The van der Waals surface area contributed by atoms with Gasteiger partial charge in [-0.05, 0) is 25.9 Å². The van der Waals surface area contributed by atoms with Crippen LogP contribution in [0.4, 0.5) is 0 Å². The van der Waals surface area contributed by atoms with E-state index >= 15 is 0 Å². The Balaban J connectivity index is 3.65. The molecule has 0 aromatic carbocycles. The van der Waals surface area contributed by atoms with Crippen LogP contribution in [0.1, 0.15) is 26.2 Å². The van der Waals surface area contributed by atoms with Gasteiger partial charge in [-0.25, -0.2) is 0 Å². The standard InChI is InChI=1S/C11H24N2O2/c1-4-7-13(9-10-14)8-5-6-11(15)12(2)3/h14H,4-10H2,1-3H3. The summed E-state index contributed by atoms with van der Waals surface area (Å²) < 4.78 is 0. The summed E-state index contributed by atoms with van der Waals surface area (Å²) in [4.78, 5) is 15.1. The van der Waals surface area contributed by atoms with Crippen molar-refractivity contribution in [1.29, 1.82) is 0 Å². The van der Waals surface area contributed by atoms with Crippen LogP contribution in [-0.2, 0) is 4.79 Å². The van der Waals surface area contributed by atoms with Crippen LogP contribution in [0.15, 0.2) is 0 Å². The number of carbonyl (C=O) groups is 1. The van der Waals surface area contributed by atoms with Crippen LogP contribution < -0.4 is 0 Å². The van der Waals surface area contributed by atoms with E-state index in [0.29, 0.717) is 13.0 Å². The third-order valence-corrected chi connectivity index (χ3v) is 2.32. The lowest BCUT2D eigenvalue weighted by molar-refractivity contribution is -0.128. The minimum Gasteiger partial charge on any atom is -0.395 e. The van der Waals surface area contributed by atoms with E-state index in [2.05, 4.69) is 11.8 Å². The molecule has 90 valence electrons. The molecule has 0 aliphatic heterocycles. The molecule has 0 saturated carbocycles. The summed E-state index contributed by atoms with van der Waals surface area (Å²) in [6.07, 6.45) is 2.55. The van der Waals surface area contributed by atoms with E-state index in [4.69, 9.17) is 5.11 Å². The number of amides is 1. The summed E-state index contributed by atoms with van der Waals surface area (Å²) in [6, 6.07) is 0. The van der Waals surface area contributed by atoms with E-state index in [1.54, 1.807) is 19.0 Å². The first kappa shape index (κ1) is 14.4. The van der Waals surface area contributed by atoms with E-state index < -0.39 is 0 Å². The smallest absolute Gasteiger partial charge is 0.222 e. The summed E-state index contributed by atoms with van der Waals surface area (Å²) >= 11 is 0. The fourth-order valence-electron chi connectivity index (χ4n) is 1.47. The van der Waals surface area contributed by atoms with Crippen molar-refractivity contribution >= 4 is 5.91 Å².